The normalized spacial score (nSPS) is 12.6. The van der Waals surface area contributed by atoms with Gasteiger partial charge < -0.3 is 9.84 Å². The standard InChI is InChI=1S/C27H25ClN2O3/c1-16-14-19-15-18(25-29-12-5-13-30-25)8-11-21(19)23(17-6-9-20(28)10-7-17)22(16)24(26(31)32)33-27(2,3)4/h5-15,24H,1-4H3,(H,31,32). The van der Waals surface area contributed by atoms with E-state index < -0.39 is 17.7 Å². The van der Waals surface area contributed by atoms with Crippen LogP contribution in [0.3, 0.4) is 0 Å². The lowest BCUT2D eigenvalue weighted by Gasteiger charge is -2.28. The van der Waals surface area contributed by atoms with Crippen molar-refractivity contribution in [3.8, 4) is 22.5 Å². The van der Waals surface area contributed by atoms with Crippen LogP contribution in [0.5, 0.6) is 0 Å². The van der Waals surface area contributed by atoms with Crippen molar-refractivity contribution in [3.05, 3.63) is 83.1 Å². The summed E-state index contributed by atoms with van der Waals surface area (Å²) in [5.74, 6) is -0.398. The van der Waals surface area contributed by atoms with Crippen molar-refractivity contribution in [2.75, 3.05) is 0 Å². The lowest BCUT2D eigenvalue weighted by Crippen LogP contribution is -2.28. The summed E-state index contributed by atoms with van der Waals surface area (Å²) < 4.78 is 6.05. The van der Waals surface area contributed by atoms with Crippen LogP contribution in [0.15, 0.2) is 67.0 Å². The first-order valence-corrected chi connectivity index (χ1v) is 11.0. The second-order valence-electron chi connectivity index (χ2n) is 8.95. The molecule has 4 aromatic rings. The molecule has 0 bridgehead atoms. The van der Waals surface area contributed by atoms with Crippen LogP contribution in [-0.4, -0.2) is 26.6 Å². The molecule has 1 N–H and O–H groups in total. The second-order valence-corrected chi connectivity index (χ2v) is 9.38. The van der Waals surface area contributed by atoms with Crippen molar-refractivity contribution >= 4 is 28.3 Å². The van der Waals surface area contributed by atoms with E-state index in [0.29, 0.717) is 16.4 Å². The summed E-state index contributed by atoms with van der Waals surface area (Å²) in [5.41, 5.74) is 3.40. The molecule has 0 spiro atoms. The van der Waals surface area contributed by atoms with Crippen molar-refractivity contribution < 1.29 is 14.6 Å². The van der Waals surface area contributed by atoms with E-state index in [1.807, 2.05) is 64.1 Å². The van der Waals surface area contributed by atoms with Crippen molar-refractivity contribution in [1.29, 1.82) is 0 Å². The Labute approximate surface area is 198 Å². The maximum atomic E-state index is 12.4. The largest absolute Gasteiger partial charge is 0.479 e. The molecular formula is C27H25ClN2O3. The number of aromatic nitrogens is 2. The molecule has 1 heterocycles. The van der Waals surface area contributed by atoms with E-state index >= 15 is 0 Å². The monoisotopic (exact) mass is 460 g/mol. The summed E-state index contributed by atoms with van der Waals surface area (Å²) in [6.45, 7) is 7.48. The fourth-order valence-electron chi connectivity index (χ4n) is 4.00. The van der Waals surface area contributed by atoms with Gasteiger partial charge in [-0.1, -0.05) is 41.9 Å². The van der Waals surface area contributed by atoms with Gasteiger partial charge in [0.25, 0.3) is 0 Å². The third-order valence-corrected chi connectivity index (χ3v) is 5.55. The number of hydrogen-bond acceptors (Lipinski definition) is 4. The summed E-state index contributed by atoms with van der Waals surface area (Å²) in [5, 5.41) is 12.6. The van der Waals surface area contributed by atoms with E-state index in [-0.39, 0.29) is 0 Å². The maximum Gasteiger partial charge on any atom is 0.337 e. The van der Waals surface area contributed by atoms with Crippen LogP contribution >= 0.6 is 11.6 Å². The molecule has 3 aromatic carbocycles. The molecule has 1 atom stereocenters. The molecule has 0 aliphatic rings. The Morgan fingerprint density at radius 2 is 1.64 bits per heavy atom. The zero-order valence-electron chi connectivity index (χ0n) is 19.0. The molecule has 0 fully saturated rings. The zero-order valence-corrected chi connectivity index (χ0v) is 19.7. The number of hydrogen-bond donors (Lipinski definition) is 1. The Balaban J connectivity index is 2.02. The summed E-state index contributed by atoms with van der Waals surface area (Å²) in [7, 11) is 0. The molecule has 5 nitrogen and oxygen atoms in total. The third-order valence-electron chi connectivity index (χ3n) is 5.30. The van der Waals surface area contributed by atoms with E-state index in [4.69, 9.17) is 16.3 Å². The molecule has 0 aliphatic carbocycles. The highest BCUT2D eigenvalue weighted by atomic mass is 35.5. The molecule has 0 amide bonds. The zero-order chi connectivity index (χ0) is 23.8. The predicted octanol–water partition coefficient (Wildman–Crippen LogP) is 6.87. The van der Waals surface area contributed by atoms with Crippen molar-refractivity contribution in [1.82, 2.24) is 9.97 Å². The van der Waals surface area contributed by atoms with E-state index in [0.717, 1.165) is 33.0 Å². The molecule has 1 aromatic heterocycles. The molecule has 4 rings (SSSR count). The minimum Gasteiger partial charge on any atom is -0.479 e. The minimum atomic E-state index is -1.13. The van der Waals surface area contributed by atoms with E-state index in [1.54, 1.807) is 30.6 Å². The summed E-state index contributed by atoms with van der Waals surface area (Å²) in [6.07, 6.45) is 2.29. The highest BCUT2D eigenvalue weighted by Crippen LogP contribution is 2.41. The molecule has 0 aliphatic heterocycles. The van der Waals surface area contributed by atoms with Gasteiger partial charge in [0, 0.05) is 28.5 Å². The Hall–Kier alpha value is -3.28. The first-order valence-electron chi connectivity index (χ1n) is 10.7. The van der Waals surface area contributed by atoms with Crippen LogP contribution < -0.4 is 0 Å². The smallest absolute Gasteiger partial charge is 0.337 e. The summed E-state index contributed by atoms with van der Waals surface area (Å²) in [4.78, 5) is 21.1. The van der Waals surface area contributed by atoms with Gasteiger partial charge in [0.15, 0.2) is 11.9 Å². The molecule has 1 unspecified atom stereocenters. The first kappa shape index (κ1) is 22.9. The highest BCUT2D eigenvalue weighted by molar-refractivity contribution is 6.30. The van der Waals surface area contributed by atoms with Crippen molar-refractivity contribution in [2.45, 2.75) is 39.4 Å². The molecule has 0 saturated heterocycles. The first-order chi connectivity index (χ1) is 15.6. The SMILES string of the molecule is Cc1cc2cc(-c3ncccn3)ccc2c(-c2ccc(Cl)cc2)c1C(OC(C)(C)C)C(=O)O. The molecule has 168 valence electrons. The number of aryl methyl sites for hydroxylation is 1. The third kappa shape index (κ3) is 4.90. The van der Waals surface area contributed by atoms with Gasteiger partial charge in [0.05, 0.1) is 5.60 Å². The average molecular weight is 461 g/mol. The fraction of sp³-hybridized carbons (Fsp3) is 0.222. The lowest BCUT2D eigenvalue weighted by atomic mass is 9.86. The van der Waals surface area contributed by atoms with Gasteiger partial charge >= 0.3 is 5.97 Å². The van der Waals surface area contributed by atoms with Crippen LogP contribution in [0, 0.1) is 6.92 Å². The Kier molecular flexibility index (Phi) is 6.19. The van der Waals surface area contributed by atoms with E-state index in [9.17, 15) is 9.90 Å². The number of benzene rings is 3. The fourth-order valence-corrected chi connectivity index (χ4v) is 4.13. The molecule has 0 saturated carbocycles. The Morgan fingerprint density at radius 3 is 2.24 bits per heavy atom. The van der Waals surface area contributed by atoms with E-state index in [2.05, 4.69) is 9.97 Å². The van der Waals surface area contributed by atoms with E-state index in [1.165, 1.54) is 0 Å². The predicted molar refractivity (Wildman–Crippen MR) is 131 cm³/mol. The van der Waals surface area contributed by atoms with Crippen molar-refractivity contribution in [3.63, 3.8) is 0 Å². The number of carboxylic acid groups (broad SMARTS) is 1. The number of carbonyl (C=O) groups is 1. The topological polar surface area (TPSA) is 72.3 Å². The van der Waals surface area contributed by atoms with Gasteiger partial charge in [-0.05, 0) is 79.4 Å². The molecule has 33 heavy (non-hydrogen) atoms. The Morgan fingerprint density at radius 1 is 1.00 bits per heavy atom. The Bertz CT molecular complexity index is 1310. The summed E-state index contributed by atoms with van der Waals surface area (Å²) in [6, 6.07) is 17.2. The number of fused-ring (bicyclic) bond motifs is 1. The van der Waals surface area contributed by atoms with Gasteiger partial charge in [-0.2, -0.15) is 0 Å². The van der Waals surface area contributed by atoms with Gasteiger partial charge in [-0.25, -0.2) is 14.8 Å². The molecule has 0 radical (unpaired) electrons. The molecule has 6 heteroatoms. The molecular weight excluding hydrogens is 436 g/mol. The maximum absolute atomic E-state index is 12.4. The van der Waals surface area contributed by atoms with Crippen LogP contribution in [0.1, 0.15) is 38.0 Å². The minimum absolute atomic E-state index is 0.612. The average Bonchev–Trinajstić information content (AvgIpc) is 2.77. The number of halogens is 1. The van der Waals surface area contributed by atoms with Crippen molar-refractivity contribution in [2.24, 2.45) is 0 Å². The summed E-state index contributed by atoms with van der Waals surface area (Å²) >= 11 is 6.14. The van der Waals surface area contributed by atoms with Crippen LogP contribution in [-0.2, 0) is 9.53 Å². The second kappa shape index (κ2) is 8.93. The number of ether oxygens (including phenoxy) is 1. The van der Waals surface area contributed by atoms with Gasteiger partial charge in [0.2, 0.25) is 0 Å². The van der Waals surface area contributed by atoms with Crippen LogP contribution in [0.25, 0.3) is 33.3 Å². The van der Waals surface area contributed by atoms with Crippen LogP contribution in [0.2, 0.25) is 5.02 Å². The van der Waals surface area contributed by atoms with Gasteiger partial charge in [-0.3, -0.25) is 0 Å². The van der Waals surface area contributed by atoms with Gasteiger partial charge in [-0.15, -0.1) is 0 Å². The number of nitrogens with zero attached hydrogens (tertiary/aromatic N) is 2. The lowest BCUT2D eigenvalue weighted by molar-refractivity contribution is -0.160. The van der Waals surface area contributed by atoms with Crippen LogP contribution in [0.4, 0.5) is 0 Å². The number of rotatable bonds is 5. The number of aliphatic carboxylic acids is 1. The number of carboxylic acids is 1. The highest BCUT2D eigenvalue weighted by Gasteiger charge is 2.31. The quantitative estimate of drug-likeness (QED) is 0.352. The van der Waals surface area contributed by atoms with Gasteiger partial charge in [0.1, 0.15) is 0 Å².